The summed E-state index contributed by atoms with van der Waals surface area (Å²) in [5.74, 6) is 0.865. The Morgan fingerprint density at radius 3 is 2.58 bits per heavy atom. The van der Waals surface area contributed by atoms with Gasteiger partial charge in [0.15, 0.2) is 0 Å². The van der Waals surface area contributed by atoms with Gasteiger partial charge in [-0.1, -0.05) is 15.9 Å². The molecular formula is C13H12Br3NOS. The van der Waals surface area contributed by atoms with Crippen molar-refractivity contribution < 1.29 is 4.74 Å². The molecule has 2 N–H and O–H groups in total. The molecule has 0 saturated heterocycles. The summed E-state index contributed by atoms with van der Waals surface area (Å²) >= 11 is 12.1. The molecule has 0 aliphatic rings. The molecule has 1 aromatic heterocycles. The van der Waals surface area contributed by atoms with E-state index in [1.54, 1.807) is 18.4 Å². The van der Waals surface area contributed by atoms with Crippen LogP contribution in [0.15, 0.2) is 36.3 Å². The molecular weight excluding hydrogens is 458 g/mol. The predicted octanol–water partition coefficient (Wildman–Crippen LogP) is 5.29. The summed E-state index contributed by atoms with van der Waals surface area (Å²) in [6, 6.07) is 7.95. The minimum atomic E-state index is -0.0693. The van der Waals surface area contributed by atoms with Crippen LogP contribution in [0.5, 0.6) is 5.75 Å². The zero-order valence-electron chi connectivity index (χ0n) is 10.1. The third-order valence-corrected chi connectivity index (χ3v) is 5.64. The maximum absolute atomic E-state index is 6.30. The monoisotopic (exact) mass is 467 g/mol. The van der Waals surface area contributed by atoms with Crippen molar-refractivity contribution in [1.82, 2.24) is 0 Å². The van der Waals surface area contributed by atoms with E-state index in [9.17, 15) is 0 Å². The van der Waals surface area contributed by atoms with Gasteiger partial charge in [0.05, 0.1) is 14.7 Å². The molecule has 0 aliphatic carbocycles. The van der Waals surface area contributed by atoms with Crippen molar-refractivity contribution in [1.29, 1.82) is 0 Å². The quantitative estimate of drug-likeness (QED) is 0.660. The van der Waals surface area contributed by atoms with Crippen molar-refractivity contribution in [2.24, 2.45) is 5.73 Å². The van der Waals surface area contributed by atoms with E-state index < -0.39 is 0 Å². The SMILES string of the molecule is COc1ccc(Br)cc1CC(N)c1cc(Br)sc1Br. The summed E-state index contributed by atoms with van der Waals surface area (Å²) in [6.45, 7) is 0. The van der Waals surface area contributed by atoms with Crippen molar-refractivity contribution in [3.05, 3.63) is 47.4 Å². The first-order valence-corrected chi connectivity index (χ1v) is 8.73. The van der Waals surface area contributed by atoms with Crippen molar-refractivity contribution in [3.8, 4) is 5.75 Å². The van der Waals surface area contributed by atoms with E-state index in [2.05, 4.69) is 53.9 Å². The van der Waals surface area contributed by atoms with Gasteiger partial charge in [0.25, 0.3) is 0 Å². The lowest BCUT2D eigenvalue weighted by atomic mass is 10.0. The smallest absolute Gasteiger partial charge is 0.122 e. The van der Waals surface area contributed by atoms with Gasteiger partial charge >= 0.3 is 0 Å². The highest BCUT2D eigenvalue weighted by Gasteiger charge is 2.16. The molecule has 1 atom stereocenters. The molecule has 102 valence electrons. The molecule has 0 amide bonds. The first-order valence-electron chi connectivity index (χ1n) is 5.54. The van der Waals surface area contributed by atoms with Gasteiger partial charge in [-0.15, -0.1) is 11.3 Å². The van der Waals surface area contributed by atoms with Crippen LogP contribution in [-0.4, -0.2) is 7.11 Å². The number of methoxy groups -OCH3 is 1. The van der Waals surface area contributed by atoms with Crippen molar-refractivity contribution in [2.75, 3.05) is 7.11 Å². The summed E-state index contributed by atoms with van der Waals surface area (Å²) in [4.78, 5) is 0. The second-order valence-electron chi connectivity index (χ2n) is 4.05. The van der Waals surface area contributed by atoms with Gasteiger partial charge in [-0.2, -0.15) is 0 Å². The first kappa shape index (κ1) is 15.5. The Bertz CT molecular complexity index is 585. The van der Waals surface area contributed by atoms with Gasteiger partial charge in [-0.25, -0.2) is 0 Å². The summed E-state index contributed by atoms with van der Waals surface area (Å²) in [5, 5.41) is 0. The number of hydrogen-bond acceptors (Lipinski definition) is 3. The molecule has 0 aliphatic heterocycles. The van der Waals surface area contributed by atoms with E-state index >= 15 is 0 Å². The van der Waals surface area contributed by atoms with Gasteiger partial charge in [0.2, 0.25) is 0 Å². The van der Waals surface area contributed by atoms with Gasteiger partial charge in [-0.3, -0.25) is 0 Å². The van der Waals surface area contributed by atoms with Crippen LogP contribution < -0.4 is 10.5 Å². The predicted molar refractivity (Wildman–Crippen MR) is 91.0 cm³/mol. The molecule has 0 fully saturated rings. The number of nitrogens with two attached hydrogens (primary N) is 1. The van der Waals surface area contributed by atoms with Gasteiger partial charge in [-0.05, 0) is 73.7 Å². The Balaban J connectivity index is 2.25. The van der Waals surface area contributed by atoms with Crippen molar-refractivity contribution in [3.63, 3.8) is 0 Å². The van der Waals surface area contributed by atoms with Crippen LogP contribution in [0.3, 0.4) is 0 Å². The zero-order valence-corrected chi connectivity index (χ0v) is 15.7. The number of halogens is 3. The average Bonchev–Trinajstić information content (AvgIpc) is 2.69. The van der Waals surface area contributed by atoms with Crippen LogP contribution in [0, 0.1) is 0 Å². The summed E-state index contributed by atoms with van der Waals surface area (Å²) in [7, 11) is 1.68. The van der Waals surface area contributed by atoms with Crippen LogP contribution in [-0.2, 0) is 6.42 Å². The highest BCUT2D eigenvalue weighted by atomic mass is 79.9. The molecule has 6 heteroatoms. The van der Waals surface area contributed by atoms with Gasteiger partial charge in [0.1, 0.15) is 5.75 Å². The highest BCUT2D eigenvalue weighted by Crippen LogP contribution is 2.36. The van der Waals surface area contributed by atoms with Crippen LogP contribution in [0.1, 0.15) is 17.2 Å². The molecule has 2 nitrogen and oxygen atoms in total. The number of thiophene rings is 1. The van der Waals surface area contributed by atoms with Crippen LogP contribution in [0.2, 0.25) is 0 Å². The molecule has 0 spiro atoms. The Hall–Kier alpha value is 0.120. The lowest BCUT2D eigenvalue weighted by molar-refractivity contribution is 0.408. The Morgan fingerprint density at radius 1 is 1.26 bits per heavy atom. The standard InChI is InChI=1S/C13H12Br3NOS/c1-18-11-3-2-8(14)4-7(11)5-10(17)9-6-12(15)19-13(9)16/h2-4,6,10H,5,17H2,1H3. The van der Waals surface area contributed by atoms with E-state index in [0.717, 1.165) is 35.3 Å². The molecule has 2 aromatic rings. The van der Waals surface area contributed by atoms with Crippen LogP contribution in [0.4, 0.5) is 0 Å². The molecule has 19 heavy (non-hydrogen) atoms. The zero-order chi connectivity index (χ0) is 14.0. The lowest BCUT2D eigenvalue weighted by Crippen LogP contribution is -2.13. The Kier molecular flexibility index (Phi) is 5.48. The molecule has 0 bridgehead atoms. The minimum absolute atomic E-state index is 0.0693. The van der Waals surface area contributed by atoms with E-state index in [1.165, 1.54) is 0 Å². The maximum Gasteiger partial charge on any atom is 0.122 e. The summed E-state index contributed by atoms with van der Waals surface area (Å²) in [6.07, 6.45) is 0.727. The Morgan fingerprint density at radius 2 is 2.00 bits per heavy atom. The summed E-state index contributed by atoms with van der Waals surface area (Å²) in [5.41, 5.74) is 8.51. The average molecular weight is 470 g/mol. The fraction of sp³-hybridized carbons (Fsp3) is 0.231. The fourth-order valence-corrected chi connectivity index (χ4v) is 5.27. The molecule has 1 aromatic carbocycles. The highest BCUT2D eigenvalue weighted by molar-refractivity contribution is 9.12. The van der Waals surface area contributed by atoms with Crippen molar-refractivity contribution >= 4 is 59.1 Å². The first-order chi connectivity index (χ1) is 9.01. The third kappa shape index (κ3) is 3.82. The van der Waals surface area contributed by atoms with Gasteiger partial charge < -0.3 is 10.5 Å². The number of benzene rings is 1. The maximum atomic E-state index is 6.30. The van der Waals surface area contributed by atoms with E-state index in [0.29, 0.717) is 0 Å². The van der Waals surface area contributed by atoms with Gasteiger partial charge in [0, 0.05) is 10.5 Å². The van der Waals surface area contributed by atoms with Crippen molar-refractivity contribution in [2.45, 2.75) is 12.5 Å². The molecule has 1 heterocycles. The second-order valence-corrected chi connectivity index (χ2v) is 8.71. The second kappa shape index (κ2) is 6.72. The molecule has 1 unspecified atom stereocenters. The molecule has 0 saturated carbocycles. The molecule has 2 rings (SSSR count). The topological polar surface area (TPSA) is 35.2 Å². The van der Waals surface area contributed by atoms with E-state index in [-0.39, 0.29) is 6.04 Å². The lowest BCUT2D eigenvalue weighted by Gasteiger charge is -2.14. The normalized spacial score (nSPS) is 12.5. The largest absolute Gasteiger partial charge is 0.496 e. The number of hydrogen-bond donors (Lipinski definition) is 1. The van der Waals surface area contributed by atoms with Crippen LogP contribution >= 0.6 is 59.1 Å². The van der Waals surface area contributed by atoms with Crippen LogP contribution in [0.25, 0.3) is 0 Å². The van der Waals surface area contributed by atoms with E-state index in [1.807, 2.05) is 18.2 Å². The number of ether oxygens (including phenoxy) is 1. The minimum Gasteiger partial charge on any atom is -0.496 e. The third-order valence-electron chi connectivity index (χ3n) is 2.76. The summed E-state index contributed by atoms with van der Waals surface area (Å²) < 4.78 is 8.55. The fourth-order valence-electron chi connectivity index (χ4n) is 1.86. The van der Waals surface area contributed by atoms with E-state index in [4.69, 9.17) is 10.5 Å². The Labute approximate surface area is 141 Å². The number of rotatable bonds is 4. The molecule has 0 radical (unpaired) electrons.